The zero-order valence-electron chi connectivity index (χ0n) is 12.6. The molecule has 0 aliphatic heterocycles. The summed E-state index contributed by atoms with van der Waals surface area (Å²) in [4.78, 5) is 4.76. The van der Waals surface area contributed by atoms with Gasteiger partial charge < -0.3 is 10.3 Å². The van der Waals surface area contributed by atoms with Gasteiger partial charge in [-0.3, -0.25) is 0 Å². The quantitative estimate of drug-likeness (QED) is 0.795. The molecule has 3 nitrogen and oxygen atoms in total. The third kappa shape index (κ3) is 2.45. The molecule has 0 spiro atoms. The van der Waals surface area contributed by atoms with Gasteiger partial charge in [-0.25, -0.2) is 4.98 Å². The molecule has 21 heavy (non-hydrogen) atoms. The highest BCUT2D eigenvalue weighted by Gasteiger charge is 2.18. The van der Waals surface area contributed by atoms with Crippen molar-refractivity contribution in [3.05, 3.63) is 65.5 Å². The number of fused-ring (bicyclic) bond motifs is 1. The monoisotopic (exact) mass is 279 g/mol. The maximum Gasteiger partial charge on any atom is 0.110 e. The van der Waals surface area contributed by atoms with Crippen molar-refractivity contribution < 1.29 is 0 Å². The van der Waals surface area contributed by atoms with Gasteiger partial charge >= 0.3 is 0 Å². The average molecular weight is 279 g/mol. The molecule has 0 saturated carbocycles. The van der Waals surface area contributed by atoms with Crippen LogP contribution in [0.5, 0.6) is 0 Å². The van der Waals surface area contributed by atoms with Crippen molar-refractivity contribution >= 4 is 11.0 Å². The molecule has 0 saturated heterocycles. The van der Waals surface area contributed by atoms with Gasteiger partial charge in [-0.2, -0.15) is 0 Å². The average Bonchev–Trinajstić information content (AvgIpc) is 2.87. The summed E-state index contributed by atoms with van der Waals surface area (Å²) in [6.07, 6.45) is 0.900. The zero-order valence-corrected chi connectivity index (χ0v) is 12.6. The number of aromatic nitrogens is 2. The van der Waals surface area contributed by atoms with Gasteiger partial charge in [0, 0.05) is 13.0 Å². The Balaban J connectivity index is 2.21. The maximum absolute atomic E-state index is 6.11. The molecule has 0 aliphatic rings. The van der Waals surface area contributed by atoms with Crippen molar-refractivity contribution in [2.24, 2.45) is 5.73 Å². The standard InChI is InChI=1S/C18H21N3/c1-3-18-20-15-9-4-5-10-16(15)21(18)17(12-19)14-8-6-7-13(2)11-14/h4-11,17H,3,12,19H2,1-2H3. The fourth-order valence-electron chi connectivity index (χ4n) is 2.96. The summed E-state index contributed by atoms with van der Waals surface area (Å²) in [6.45, 7) is 4.82. The Morgan fingerprint density at radius 3 is 2.67 bits per heavy atom. The van der Waals surface area contributed by atoms with E-state index < -0.39 is 0 Å². The van der Waals surface area contributed by atoms with Gasteiger partial charge in [-0.15, -0.1) is 0 Å². The van der Waals surface area contributed by atoms with Crippen molar-refractivity contribution in [1.29, 1.82) is 0 Å². The lowest BCUT2D eigenvalue weighted by Crippen LogP contribution is -2.22. The highest BCUT2D eigenvalue weighted by Crippen LogP contribution is 2.26. The van der Waals surface area contributed by atoms with Crippen LogP contribution in [0.2, 0.25) is 0 Å². The van der Waals surface area contributed by atoms with Gasteiger partial charge in [-0.1, -0.05) is 48.9 Å². The number of benzene rings is 2. The molecule has 1 aromatic heterocycles. The molecule has 3 rings (SSSR count). The van der Waals surface area contributed by atoms with Crippen molar-refractivity contribution in [1.82, 2.24) is 9.55 Å². The number of aryl methyl sites for hydroxylation is 2. The highest BCUT2D eigenvalue weighted by atomic mass is 15.1. The second-order valence-corrected chi connectivity index (χ2v) is 5.41. The lowest BCUT2D eigenvalue weighted by atomic mass is 10.0. The fourth-order valence-corrected chi connectivity index (χ4v) is 2.96. The lowest BCUT2D eigenvalue weighted by molar-refractivity contribution is 0.583. The van der Waals surface area contributed by atoms with E-state index in [1.54, 1.807) is 0 Å². The molecule has 0 fully saturated rings. The van der Waals surface area contributed by atoms with Crippen molar-refractivity contribution in [2.75, 3.05) is 6.54 Å². The minimum atomic E-state index is 0.132. The van der Waals surface area contributed by atoms with Crippen molar-refractivity contribution in [2.45, 2.75) is 26.3 Å². The van der Waals surface area contributed by atoms with Crippen molar-refractivity contribution in [3.63, 3.8) is 0 Å². The molecule has 1 atom stereocenters. The second kappa shape index (κ2) is 5.70. The van der Waals surface area contributed by atoms with Crippen LogP contribution in [0.25, 0.3) is 11.0 Å². The summed E-state index contributed by atoms with van der Waals surface area (Å²) >= 11 is 0. The summed E-state index contributed by atoms with van der Waals surface area (Å²) < 4.78 is 2.30. The van der Waals surface area contributed by atoms with E-state index in [4.69, 9.17) is 10.7 Å². The number of para-hydroxylation sites is 2. The molecule has 3 heteroatoms. The number of nitrogens with two attached hydrogens (primary N) is 1. The van der Waals surface area contributed by atoms with Gasteiger partial charge in [0.1, 0.15) is 5.82 Å². The zero-order chi connectivity index (χ0) is 14.8. The van der Waals surface area contributed by atoms with Gasteiger partial charge in [-0.05, 0) is 24.6 Å². The van der Waals surface area contributed by atoms with Crippen LogP contribution in [-0.2, 0) is 6.42 Å². The van der Waals surface area contributed by atoms with E-state index in [9.17, 15) is 0 Å². The Kier molecular flexibility index (Phi) is 3.76. The maximum atomic E-state index is 6.11. The van der Waals surface area contributed by atoms with Crippen LogP contribution in [0.4, 0.5) is 0 Å². The minimum absolute atomic E-state index is 0.132. The normalized spacial score (nSPS) is 12.7. The van der Waals surface area contributed by atoms with E-state index in [0.717, 1.165) is 23.3 Å². The Labute approximate surface area is 125 Å². The molecule has 1 heterocycles. The predicted molar refractivity (Wildman–Crippen MR) is 87.5 cm³/mol. The molecule has 0 bridgehead atoms. The van der Waals surface area contributed by atoms with Gasteiger partial charge in [0.15, 0.2) is 0 Å². The van der Waals surface area contributed by atoms with E-state index in [2.05, 4.69) is 60.9 Å². The molecular formula is C18H21N3. The summed E-state index contributed by atoms with van der Waals surface area (Å²) in [5.41, 5.74) is 10.8. The Morgan fingerprint density at radius 2 is 1.95 bits per heavy atom. The summed E-state index contributed by atoms with van der Waals surface area (Å²) in [7, 11) is 0. The molecule has 0 radical (unpaired) electrons. The first-order valence-corrected chi connectivity index (χ1v) is 7.47. The number of hydrogen-bond donors (Lipinski definition) is 1. The summed E-state index contributed by atoms with van der Waals surface area (Å²) in [5.74, 6) is 1.09. The largest absolute Gasteiger partial charge is 0.328 e. The molecular weight excluding hydrogens is 258 g/mol. The van der Waals surface area contributed by atoms with Crippen LogP contribution in [0.15, 0.2) is 48.5 Å². The van der Waals surface area contributed by atoms with Crippen LogP contribution < -0.4 is 5.73 Å². The van der Waals surface area contributed by atoms with Gasteiger partial charge in [0.2, 0.25) is 0 Å². The smallest absolute Gasteiger partial charge is 0.110 e. The van der Waals surface area contributed by atoms with E-state index in [1.807, 2.05) is 6.07 Å². The van der Waals surface area contributed by atoms with E-state index in [1.165, 1.54) is 11.1 Å². The van der Waals surface area contributed by atoms with Gasteiger partial charge in [0.25, 0.3) is 0 Å². The van der Waals surface area contributed by atoms with E-state index in [0.29, 0.717) is 6.54 Å². The van der Waals surface area contributed by atoms with Crippen LogP contribution in [-0.4, -0.2) is 16.1 Å². The van der Waals surface area contributed by atoms with E-state index in [-0.39, 0.29) is 6.04 Å². The highest BCUT2D eigenvalue weighted by molar-refractivity contribution is 5.76. The molecule has 0 amide bonds. The number of nitrogens with zero attached hydrogens (tertiary/aromatic N) is 2. The third-order valence-corrected chi connectivity index (χ3v) is 3.95. The Hall–Kier alpha value is -2.13. The summed E-state index contributed by atoms with van der Waals surface area (Å²) in [6, 6.07) is 17.0. The molecule has 3 aromatic rings. The van der Waals surface area contributed by atoms with Gasteiger partial charge in [0.05, 0.1) is 17.1 Å². The molecule has 2 N–H and O–H groups in total. The summed E-state index contributed by atoms with van der Waals surface area (Å²) in [5, 5.41) is 0. The molecule has 1 unspecified atom stereocenters. The van der Waals surface area contributed by atoms with Crippen LogP contribution >= 0.6 is 0 Å². The van der Waals surface area contributed by atoms with Crippen molar-refractivity contribution in [3.8, 4) is 0 Å². The molecule has 108 valence electrons. The van der Waals surface area contributed by atoms with E-state index >= 15 is 0 Å². The number of imidazole rings is 1. The number of hydrogen-bond acceptors (Lipinski definition) is 2. The Morgan fingerprint density at radius 1 is 1.14 bits per heavy atom. The Bertz CT molecular complexity index is 758. The second-order valence-electron chi connectivity index (χ2n) is 5.41. The van der Waals surface area contributed by atoms with Crippen LogP contribution in [0.3, 0.4) is 0 Å². The first-order valence-electron chi connectivity index (χ1n) is 7.47. The topological polar surface area (TPSA) is 43.8 Å². The first kappa shape index (κ1) is 13.8. The SMILES string of the molecule is CCc1nc2ccccc2n1C(CN)c1cccc(C)c1. The number of rotatable bonds is 4. The fraction of sp³-hybridized carbons (Fsp3) is 0.278. The molecule has 0 aliphatic carbocycles. The first-order chi connectivity index (χ1) is 10.2. The van der Waals surface area contributed by atoms with Crippen LogP contribution in [0.1, 0.15) is 29.9 Å². The third-order valence-electron chi connectivity index (χ3n) is 3.95. The molecule has 2 aromatic carbocycles. The van der Waals surface area contributed by atoms with Crippen LogP contribution in [0, 0.1) is 6.92 Å². The minimum Gasteiger partial charge on any atom is -0.328 e. The predicted octanol–water partition coefficient (Wildman–Crippen LogP) is 3.46. The lowest BCUT2D eigenvalue weighted by Gasteiger charge is -2.21.